The molecule has 0 atom stereocenters. The summed E-state index contributed by atoms with van der Waals surface area (Å²) in [6.45, 7) is 3.94. The van der Waals surface area contributed by atoms with Crippen LogP contribution in [0.4, 0.5) is 14.7 Å². The number of halogens is 2. The second kappa shape index (κ2) is 7.50. The third kappa shape index (κ3) is 3.75. The molecule has 1 fully saturated rings. The van der Waals surface area contributed by atoms with Crippen LogP contribution in [0, 0.1) is 5.82 Å². The highest BCUT2D eigenvalue weighted by molar-refractivity contribution is 5.60. The van der Waals surface area contributed by atoms with E-state index in [2.05, 4.69) is 36.8 Å². The third-order valence-electron chi connectivity index (χ3n) is 4.96. The molecule has 29 heavy (non-hydrogen) atoms. The van der Waals surface area contributed by atoms with Gasteiger partial charge in [0.25, 0.3) is 0 Å². The molecule has 0 saturated heterocycles. The second-order valence-electron chi connectivity index (χ2n) is 7.06. The van der Waals surface area contributed by atoms with Crippen LogP contribution in [0.5, 0.6) is 0 Å². The maximum Gasteiger partial charge on any atom is 0.222 e. The number of pyridine rings is 1. The number of anilines is 1. The summed E-state index contributed by atoms with van der Waals surface area (Å²) < 4.78 is 27.9. The van der Waals surface area contributed by atoms with Crippen molar-refractivity contribution in [2.24, 2.45) is 5.73 Å². The molecular formula is C20H19F2N7. The summed E-state index contributed by atoms with van der Waals surface area (Å²) in [7, 11) is 0. The van der Waals surface area contributed by atoms with E-state index in [-0.39, 0.29) is 25.1 Å². The standard InChI is InChI=1S/C20H19F2N7/c1-12(23)16-4-6-25-18(29-16)13-9-26-19(27-10-13)28-11-20(7-14(21)8-20)17-15(22)3-2-5-24-17/h2-6,9-10,14H,1,7-8,11,23H2,(H,26,27,28). The molecule has 1 aliphatic carbocycles. The number of hydrogen-bond acceptors (Lipinski definition) is 7. The van der Waals surface area contributed by atoms with E-state index in [1.807, 2.05) is 0 Å². The Hall–Kier alpha value is -3.49. The Labute approximate surface area is 166 Å². The van der Waals surface area contributed by atoms with Crippen LogP contribution in [0.15, 0.2) is 49.6 Å². The fraction of sp³-hybridized carbons (Fsp3) is 0.250. The minimum absolute atomic E-state index is 0.204. The molecule has 0 amide bonds. The Balaban J connectivity index is 1.50. The molecule has 3 N–H and O–H groups in total. The molecule has 7 nitrogen and oxygen atoms in total. The van der Waals surface area contributed by atoms with E-state index in [4.69, 9.17) is 5.73 Å². The predicted molar refractivity (Wildman–Crippen MR) is 105 cm³/mol. The third-order valence-corrected chi connectivity index (χ3v) is 4.96. The Kier molecular flexibility index (Phi) is 4.87. The van der Waals surface area contributed by atoms with Crippen molar-refractivity contribution in [1.82, 2.24) is 24.9 Å². The molecule has 9 heteroatoms. The van der Waals surface area contributed by atoms with Crippen LogP contribution in [-0.4, -0.2) is 37.6 Å². The first-order valence-electron chi connectivity index (χ1n) is 9.06. The summed E-state index contributed by atoms with van der Waals surface area (Å²) in [6, 6.07) is 4.52. The van der Waals surface area contributed by atoms with Gasteiger partial charge in [0.05, 0.1) is 22.6 Å². The number of nitrogens with zero attached hydrogens (tertiary/aromatic N) is 5. The van der Waals surface area contributed by atoms with Gasteiger partial charge >= 0.3 is 0 Å². The molecular weight excluding hydrogens is 376 g/mol. The summed E-state index contributed by atoms with van der Waals surface area (Å²) in [5.41, 5.74) is 6.70. The van der Waals surface area contributed by atoms with Gasteiger partial charge in [-0.3, -0.25) is 4.98 Å². The number of rotatable bonds is 6. The number of nitrogens with one attached hydrogen (secondary N) is 1. The Morgan fingerprint density at radius 3 is 2.59 bits per heavy atom. The quantitative estimate of drug-likeness (QED) is 0.661. The first-order valence-corrected chi connectivity index (χ1v) is 9.06. The van der Waals surface area contributed by atoms with Gasteiger partial charge in [-0.2, -0.15) is 0 Å². The van der Waals surface area contributed by atoms with Crippen LogP contribution in [0.2, 0.25) is 0 Å². The minimum atomic E-state index is -0.969. The molecule has 0 unspecified atom stereocenters. The van der Waals surface area contributed by atoms with Crippen LogP contribution in [-0.2, 0) is 5.41 Å². The van der Waals surface area contributed by atoms with Crippen molar-refractivity contribution in [1.29, 1.82) is 0 Å². The summed E-state index contributed by atoms with van der Waals surface area (Å²) in [5.74, 6) is 0.328. The zero-order valence-electron chi connectivity index (χ0n) is 15.5. The van der Waals surface area contributed by atoms with Gasteiger partial charge in [0.2, 0.25) is 5.95 Å². The van der Waals surface area contributed by atoms with E-state index in [1.165, 1.54) is 18.3 Å². The van der Waals surface area contributed by atoms with E-state index in [1.54, 1.807) is 24.7 Å². The molecule has 3 aromatic heterocycles. The second-order valence-corrected chi connectivity index (χ2v) is 7.06. The van der Waals surface area contributed by atoms with E-state index in [0.29, 0.717) is 28.7 Å². The fourth-order valence-corrected chi connectivity index (χ4v) is 3.45. The van der Waals surface area contributed by atoms with E-state index >= 15 is 0 Å². The average Bonchev–Trinajstić information content (AvgIpc) is 2.71. The smallest absolute Gasteiger partial charge is 0.222 e. The lowest BCUT2D eigenvalue weighted by molar-refractivity contribution is 0.0963. The van der Waals surface area contributed by atoms with Crippen molar-refractivity contribution in [2.75, 3.05) is 11.9 Å². The molecule has 1 saturated carbocycles. The molecule has 0 spiro atoms. The van der Waals surface area contributed by atoms with E-state index in [0.717, 1.165) is 0 Å². The molecule has 0 bridgehead atoms. The monoisotopic (exact) mass is 395 g/mol. The van der Waals surface area contributed by atoms with Crippen molar-refractivity contribution < 1.29 is 8.78 Å². The van der Waals surface area contributed by atoms with Crippen molar-refractivity contribution in [2.45, 2.75) is 24.4 Å². The summed E-state index contributed by atoms with van der Waals surface area (Å²) >= 11 is 0. The number of aromatic nitrogens is 5. The van der Waals surface area contributed by atoms with Crippen molar-refractivity contribution in [3.8, 4) is 11.4 Å². The Morgan fingerprint density at radius 1 is 1.17 bits per heavy atom. The van der Waals surface area contributed by atoms with Gasteiger partial charge in [-0.05, 0) is 31.0 Å². The van der Waals surface area contributed by atoms with Crippen LogP contribution >= 0.6 is 0 Å². The molecule has 0 aliphatic heterocycles. The SMILES string of the molecule is C=C(N)c1ccnc(-c2cnc(NCC3(c4ncccc4F)CC(F)C3)nc2)n1. The highest BCUT2D eigenvalue weighted by atomic mass is 19.1. The van der Waals surface area contributed by atoms with E-state index < -0.39 is 17.4 Å². The summed E-state index contributed by atoms with van der Waals surface area (Å²) in [6.07, 6.45) is 5.67. The van der Waals surface area contributed by atoms with Crippen molar-refractivity contribution in [3.05, 3.63) is 66.8 Å². The zero-order valence-corrected chi connectivity index (χ0v) is 15.5. The lowest BCUT2D eigenvalue weighted by Gasteiger charge is -2.43. The van der Waals surface area contributed by atoms with Crippen molar-refractivity contribution >= 4 is 11.6 Å². The van der Waals surface area contributed by atoms with Gasteiger partial charge in [0.15, 0.2) is 5.82 Å². The van der Waals surface area contributed by atoms with Crippen molar-refractivity contribution in [3.63, 3.8) is 0 Å². The summed E-state index contributed by atoms with van der Waals surface area (Å²) in [4.78, 5) is 21.2. The highest BCUT2D eigenvalue weighted by Gasteiger charge is 2.48. The predicted octanol–water partition coefficient (Wildman–Crippen LogP) is 2.88. The van der Waals surface area contributed by atoms with Gasteiger partial charge in [-0.15, -0.1) is 0 Å². The average molecular weight is 395 g/mol. The van der Waals surface area contributed by atoms with E-state index in [9.17, 15) is 8.78 Å². The number of hydrogen-bond donors (Lipinski definition) is 2. The zero-order chi connectivity index (χ0) is 20.4. The molecule has 0 radical (unpaired) electrons. The highest BCUT2D eigenvalue weighted by Crippen LogP contribution is 2.45. The molecule has 0 aromatic carbocycles. The van der Waals surface area contributed by atoms with Gasteiger partial charge in [-0.1, -0.05) is 6.58 Å². The van der Waals surface area contributed by atoms with Gasteiger partial charge in [0.1, 0.15) is 12.0 Å². The normalized spacial score (nSPS) is 20.7. The number of nitrogens with two attached hydrogens (primary N) is 1. The first kappa shape index (κ1) is 18.9. The Bertz CT molecular complexity index is 1030. The largest absolute Gasteiger partial charge is 0.397 e. The Morgan fingerprint density at radius 2 is 1.93 bits per heavy atom. The van der Waals surface area contributed by atoms with Gasteiger partial charge < -0.3 is 11.1 Å². The summed E-state index contributed by atoms with van der Waals surface area (Å²) in [5, 5.41) is 3.07. The minimum Gasteiger partial charge on any atom is -0.397 e. The van der Waals surface area contributed by atoms with Crippen LogP contribution in [0.25, 0.3) is 17.1 Å². The van der Waals surface area contributed by atoms with Crippen LogP contribution < -0.4 is 11.1 Å². The maximum atomic E-state index is 14.2. The first-order chi connectivity index (χ1) is 14.0. The van der Waals surface area contributed by atoms with Crippen LogP contribution in [0.3, 0.4) is 0 Å². The molecule has 3 heterocycles. The van der Waals surface area contributed by atoms with Gasteiger partial charge in [-0.25, -0.2) is 28.7 Å². The molecule has 1 aliphatic rings. The topological polar surface area (TPSA) is 102 Å². The fourth-order valence-electron chi connectivity index (χ4n) is 3.45. The maximum absolute atomic E-state index is 14.2. The lowest BCUT2D eigenvalue weighted by atomic mass is 9.65. The lowest BCUT2D eigenvalue weighted by Crippen LogP contribution is -2.49. The molecule has 148 valence electrons. The number of alkyl halides is 1. The van der Waals surface area contributed by atoms with Gasteiger partial charge in [0, 0.05) is 36.7 Å². The molecule has 3 aromatic rings. The molecule has 4 rings (SSSR count). The van der Waals surface area contributed by atoms with Crippen LogP contribution in [0.1, 0.15) is 24.2 Å².